The molecular weight excluding hydrogens is 248 g/mol. The van der Waals surface area contributed by atoms with Crippen LogP contribution in [-0.4, -0.2) is 24.3 Å². The van der Waals surface area contributed by atoms with Crippen LogP contribution in [0.4, 0.5) is 8.78 Å². The molecule has 102 valence electrons. The van der Waals surface area contributed by atoms with Gasteiger partial charge >= 0.3 is 0 Å². The zero-order valence-corrected chi connectivity index (χ0v) is 10.9. The number of piperidine rings is 1. The highest BCUT2D eigenvalue weighted by Gasteiger charge is 2.18. The van der Waals surface area contributed by atoms with Crippen molar-refractivity contribution in [2.45, 2.75) is 19.8 Å². The SMILES string of the molecule is CC(=Cc1ccc(F)c(F)c1)N1CCC(C=O)CC1. The average molecular weight is 265 g/mol. The summed E-state index contributed by atoms with van der Waals surface area (Å²) >= 11 is 0. The summed E-state index contributed by atoms with van der Waals surface area (Å²) in [5.74, 6) is -1.50. The largest absolute Gasteiger partial charge is 0.375 e. The van der Waals surface area contributed by atoms with E-state index in [1.165, 1.54) is 6.07 Å². The van der Waals surface area contributed by atoms with Gasteiger partial charge in [0.15, 0.2) is 11.6 Å². The maximum absolute atomic E-state index is 13.1. The van der Waals surface area contributed by atoms with Crippen molar-refractivity contribution in [3.8, 4) is 0 Å². The van der Waals surface area contributed by atoms with Crippen molar-refractivity contribution < 1.29 is 13.6 Å². The van der Waals surface area contributed by atoms with E-state index in [4.69, 9.17) is 0 Å². The number of benzene rings is 1. The number of allylic oxidation sites excluding steroid dienone is 1. The van der Waals surface area contributed by atoms with Crippen molar-refractivity contribution in [2.24, 2.45) is 5.92 Å². The molecule has 1 aromatic rings. The molecule has 1 saturated heterocycles. The van der Waals surface area contributed by atoms with E-state index < -0.39 is 11.6 Å². The molecule has 1 heterocycles. The Balaban J connectivity index is 2.06. The number of hydrogen-bond donors (Lipinski definition) is 0. The van der Waals surface area contributed by atoms with Crippen LogP contribution in [0.25, 0.3) is 6.08 Å². The summed E-state index contributed by atoms with van der Waals surface area (Å²) in [6.07, 6.45) is 4.56. The maximum atomic E-state index is 13.1. The van der Waals surface area contributed by atoms with Crippen LogP contribution in [0.15, 0.2) is 23.9 Å². The molecule has 0 N–H and O–H groups in total. The van der Waals surface area contributed by atoms with Crippen LogP contribution in [0.1, 0.15) is 25.3 Å². The van der Waals surface area contributed by atoms with Crippen molar-refractivity contribution in [3.63, 3.8) is 0 Å². The summed E-state index contributed by atoms with van der Waals surface area (Å²) in [5.41, 5.74) is 1.66. The lowest BCUT2D eigenvalue weighted by molar-refractivity contribution is -0.112. The molecule has 1 aliphatic rings. The molecule has 0 amide bonds. The number of rotatable bonds is 3. The fourth-order valence-electron chi connectivity index (χ4n) is 2.32. The minimum atomic E-state index is -0.832. The van der Waals surface area contributed by atoms with E-state index >= 15 is 0 Å². The molecule has 1 fully saturated rings. The van der Waals surface area contributed by atoms with Crippen molar-refractivity contribution >= 4 is 12.4 Å². The van der Waals surface area contributed by atoms with Crippen LogP contribution < -0.4 is 0 Å². The molecule has 0 spiro atoms. The highest BCUT2D eigenvalue weighted by Crippen LogP contribution is 2.20. The van der Waals surface area contributed by atoms with Crippen molar-refractivity contribution in [2.75, 3.05) is 13.1 Å². The van der Waals surface area contributed by atoms with Crippen LogP contribution in [0.5, 0.6) is 0 Å². The van der Waals surface area contributed by atoms with Crippen LogP contribution in [0, 0.1) is 17.6 Å². The third-order valence-corrected chi connectivity index (χ3v) is 3.55. The zero-order chi connectivity index (χ0) is 13.8. The Labute approximate surface area is 111 Å². The fourth-order valence-corrected chi connectivity index (χ4v) is 2.32. The van der Waals surface area contributed by atoms with Gasteiger partial charge < -0.3 is 9.69 Å². The average Bonchev–Trinajstić information content (AvgIpc) is 2.43. The molecule has 0 aliphatic carbocycles. The molecule has 0 radical (unpaired) electrons. The fraction of sp³-hybridized carbons (Fsp3) is 0.400. The summed E-state index contributed by atoms with van der Waals surface area (Å²) in [4.78, 5) is 12.9. The quantitative estimate of drug-likeness (QED) is 0.782. The first-order valence-electron chi connectivity index (χ1n) is 6.43. The third kappa shape index (κ3) is 3.40. The second kappa shape index (κ2) is 5.95. The number of nitrogens with zero attached hydrogens (tertiary/aromatic N) is 1. The number of carbonyl (C=O) groups is 1. The van der Waals surface area contributed by atoms with E-state index in [1.807, 2.05) is 13.0 Å². The van der Waals surface area contributed by atoms with Crippen LogP contribution in [0.2, 0.25) is 0 Å². The minimum absolute atomic E-state index is 0.160. The van der Waals surface area contributed by atoms with Crippen LogP contribution in [-0.2, 0) is 4.79 Å². The van der Waals surface area contributed by atoms with Gasteiger partial charge in [-0.25, -0.2) is 8.78 Å². The Bertz CT molecular complexity index is 491. The van der Waals surface area contributed by atoms with Crippen molar-refractivity contribution in [1.29, 1.82) is 0 Å². The lowest BCUT2D eigenvalue weighted by Crippen LogP contribution is -2.32. The van der Waals surface area contributed by atoms with E-state index in [0.717, 1.165) is 44.0 Å². The van der Waals surface area contributed by atoms with Gasteiger partial charge in [-0.3, -0.25) is 0 Å². The first kappa shape index (κ1) is 13.7. The zero-order valence-electron chi connectivity index (χ0n) is 10.9. The maximum Gasteiger partial charge on any atom is 0.159 e. The Hall–Kier alpha value is -1.71. The molecule has 0 unspecified atom stereocenters. The number of halogens is 2. The van der Waals surface area contributed by atoms with Gasteiger partial charge in [-0.1, -0.05) is 6.07 Å². The van der Waals surface area contributed by atoms with E-state index in [-0.39, 0.29) is 5.92 Å². The summed E-state index contributed by atoms with van der Waals surface area (Å²) in [5, 5.41) is 0. The molecule has 0 bridgehead atoms. The molecular formula is C15H17F2NO. The molecule has 0 saturated carbocycles. The Kier molecular flexibility index (Phi) is 4.30. The lowest BCUT2D eigenvalue weighted by atomic mass is 9.98. The van der Waals surface area contributed by atoms with Gasteiger partial charge in [0.2, 0.25) is 0 Å². The standard InChI is InChI=1S/C15H17F2NO/c1-11(18-6-4-12(10-19)5-7-18)8-13-2-3-14(16)15(17)9-13/h2-3,8-10,12H,4-7H2,1H3. The minimum Gasteiger partial charge on any atom is -0.375 e. The van der Waals surface area contributed by atoms with E-state index in [1.54, 1.807) is 6.07 Å². The smallest absolute Gasteiger partial charge is 0.159 e. The predicted octanol–water partition coefficient (Wildman–Crippen LogP) is 3.24. The topological polar surface area (TPSA) is 20.3 Å². The Morgan fingerprint density at radius 1 is 1.26 bits per heavy atom. The first-order chi connectivity index (χ1) is 9.10. The second-order valence-electron chi connectivity index (χ2n) is 4.92. The third-order valence-electron chi connectivity index (χ3n) is 3.55. The van der Waals surface area contributed by atoms with Gasteiger partial charge in [0.1, 0.15) is 6.29 Å². The molecule has 1 aliphatic heterocycles. The lowest BCUT2D eigenvalue weighted by Gasteiger charge is -2.32. The number of carbonyl (C=O) groups excluding carboxylic acids is 1. The Morgan fingerprint density at radius 2 is 1.95 bits per heavy atom. The predicted molar refractivity (Wildman–Crippen MR) is 70.4 cm³/mol. The number of likely N-dealkylation sites (tertiary alicyclic amines) is 1. The molecule has 0 atom stereocenters. The highest BCUT2D eigenvalue weighted by atomic mass is 19.2. The van der Waals surface area contributed by atoms with E-state index in [0.29, 0.717) is 5.56 Å². The molecule has 1 aromatic carbocycles. The van der Waals surface area contributed by atoms with Crippen LogP contribution >= 0.6 is 0 Å². The Morgan fingerprint density at radius 3 is 2.53 bits per heavy atom. The van der Waals surface area contributed by atoms with Gasteiger partial charge in [-0.15, -0.1) is 0 Å². The van der Waals surface area contributed by atoms with Crippen molar-refractivity contribution in [1.82, 2.24) is 4.90 Å². The van der Waals surface area contributed by atoms with Gasteiger partial charge in [0.25, 0.3) is 0 Å². The monoisotopic (exact) mass is 265 g/mol. The van der Waals surface area contributed by atoms with Crippen molar-refractivity contribution in [3.05, 3.63) is 41.1 Å². The number of hydrogen-bond acceptors (Lipinski definition) is 2. The molecule has 2 rings (SSSR count). The van der Waals surface area contributed by atoms with Gasteiger partial charge in [-0.2, -0.15) is 0 Å². The molecule has 0 aromatic heterocycles. The number of aldehydes is 1. The summed E-state index contributed by atoms with van der Waals surface area (Å²) in [6.45, 7) is 3.60. The van der Waals surface area contributed by atoms with Gasteiger partial charge in [0.05, 0.1) is 0 Å². The van der Waals surface area contributed by atoms with Gasteiger partial charge in [0, 0.05) is 24.7 Å². The van der Waals surface area contributed by atoms with Crippen LogP contribution in [0.3, 0.4) is 0 Å². The first-order valence-corrected chi connectivity index (χ1v) is 6.43. The summed E-state index contributed by atoms with van der Waals surface area (Å²) < 4.78 is 25.9. The van der Waals surface area contributed by atoms with Gasteiger partial charge in [-0.05, 0) is 43.5 Å². The normalized spacial score (nSPS) is 17.6. The summed E-state index contributed by atoms with van der Waals surface area (Å²) in [6, 6.07) is 3.88. The van der Waals surface area contributed by atoms with E-state index in [2.05, 4.69) is 4.90 Å². The molecule has 19 heavy (non-hydrogen) atoms. The highest BCUT2D eigenvalue weighted by molar-refractivity contribution is 5.54. The van der Waals surface area contributed by atoms with E-state index in [9.17, 15) is 13.6 Å². The second-order valence-corrected chi connectivity index (χ2v) is 4.92. The molecule has 4 heteroatoms. The molecule has 2 nitrogen and oxygen atoms in total. The summed E-state index contributed by atoms with van der Waals surface area (Å²) in [7, 11) is 0.